The van der Waals surface area contributed by atoms with Crippen LogP contribution < -0.4 is 0 Å². The van der Waals surface area contributed by atoms with Crippen LogP contribution in [0.15, 0.2) is 18.2 Å². The van der Waals surface area contributed by atoms with Gasteiger partial charge < -0.3 is 4.74 Å². The molecule has 106 valence electrons. The lowest BCUT2D eigenvalue weighted by atomic mass is 10.1. The molecule has 0 spiro atoms. The predicted molar refractivity (Wildman–Crippen MR) is 71.2 cm³/mol. The van der Waals surface area contributed by atoms with Gasteiger partial charge in [-0.3, -0.25) is 4.68 Å². The number of carbonyl (C=O) groups is 1. The summed E-state index contributed by atoms with van der Waals surface area (Å²) in [5.74, 6) is -0.635. The maximum absolute atomic E-state index is 13.7. The molecule has 20 heavy (non-hydrogen) atoms. The molecule has 2 rings (SSSR count). The fourth-order valence-corrected chi connectivity index (χ4v) is 1.94. The van der Waals surface area contributed by atoms with Crippen LogP contribution in [0.4, 0.5) is 4.39 Å². The first-order chi connectivity index (χ1) is 9.52. The van der Waals surface area contributed by atoms with E-state index in [-0.39, 0.29) is 18.9 Å². The second kappa shape index (κ2) is 6.00. The number of hydrogen-bond donors (Lipinski definition) is 0. The minimum Gasteiger partial charge on any atom is -0.460 e. The van der Waals surface area contributed by atoms with E-state index in [1.165, 1.54) is 16.8 Å². The lowest BCUT2D eigenvalue weighted by Crippen LogP contribution is -2.07. The molecule has 0 saturated carbocycles. The Bertz CT molecular complexity index is 622. The lowest BCUT2D eigenvalue weighted by Gasteiger charge is -2.04. The fourth-order valence-electron chi connectivity index (χ4n) is 1.71. The van der Waals surface area contributed by atoms with Crippen molar-refractivity contribution in [2.24, 2.45) is 7.05 Å². The first kappa shape index (κ1) is 14.5. The van der Waals surface area contributed by atoms with Crippen molar-refractivity contribution in [1.29, 1.82) is 0 Å². The molecule has 0 unspecified atom stereocenters. The number of rotatable bonds is 4. The van der Waals surface area contributed by atoms with Crippen molar-refractivity contribution in [3.05, 3.63) is 46.3 Å². The molecule has 7 heteroatoms. The second-order valence-corrected chi connectivity index (χ2v) is 4.48. The third kappa shape index (κ3) is 2.96. The largest absolute Gasteiger partial charge is 0.460 e. The standard InChI is InChI=1S/C13H13ClFN3O2/c1-3-20-13(19)12-16-11(18(2)17-12)7-8-9(14)5-4-6-10(8)15/h4-6H,3,7H2,1-2H3. The van der Waals surface area contributed by atoms with Gasteiger partial charge in [0.15, 0.2) is 0 Å². The van der Waals surface area contributed by atoms with Crippen LogP contribution in [0, 0.1) is 5.82 Å². The van der Waals surface area contributed by atoms with Gasteiger partial charge in [0.2, 0.25) is 0 Å². The molecular weight excluding hydrogens is 285 g/mol. The number of esters is 1. The van der Waals surface area contributed by atoms with Crippen molar-refractivity contribution in [3.63, 3.8) is 0 Å². The van der Waals surface area contributed by atoms with E-state index in [1.54, 1.807) is 20.0 Å². The lowest BCUT2D eigenvalue weighted by molar-refractivity contribution is 0.0512. The minimum absolute atomic E-state index is 0.0446. The van der Waals surface area contributed by atoms with Gasteiger partial charge in [0.1, 0.15) is 11.6 Å². The normalized spacial score (nSPS) is 10.6. The summed E-state index contributed by atoms with van der Waals surface area (Å²) >= 11 is 5.96. The molecule has 0 saturated heterocycles. The van der Waals surface area contributed by atoms with E-state index in [9.17, 15) is 9.18 Å². The van der Waals surface area contributed by atoms with Crippen molar-refractivity contribution in [3.8, 4) is 0 Å². The highest BCUT2D eigenvalue weighted by Gasteiger charge is 2.18. The fraction of sp³-hybridized carbons (Fsp3) is 0.308. The Kier molecular flexibility index (Phi) is 4.34. The quantitative estimate of drug-likeness (QED) is 0.813. The minimum atomic E-state index is -0.603. The van der Waals surface area contributed by atoms with Crippen molar-refractivity contribution in [1.82, 2.24) is 14.8 Å². The molecule has 0 amide bonds. The summed E-state index contributed by atoms with van der Waals surface area (Å²) in [7, 11) is 1.62. The number of carbonyl (C=O) groups excluding carboxylic acids is 1. The molecule has 0 N–H and O–H groups in total. The number of nitrogens with zero attached hydrogens (tertiary/aromatic N) is 3. The summed E-state index contributed by atoms with van der Waals surface area (Å²) in [6, 6.07) is 4.45. The Balaban J connectivity index is 2.28. The summed E-state index contributed by atoms with van der Waals surface area (Å²) in [4.78, 5) is 15.6. The molecule has 0 aliphatic rings. The molecular formula is C13H13ClFN3O2. The van der Waals surface area contributed by atoms with E-state index in [0.717, 1.165) is 0 Å². The third-order valence-electron chi connectivity index (χ3n) is 2.71. The summed E-state index contributed by atoms with van der Waals surface area (Å²) in [6.45, 7) is 1.94. The topological polar surface area (TPSA) is 57.0 Å². The Morgan fingerprint density at radius 1 is 1.50 bits per heavy atom. The van der Waals surface area contributed by atoms with Gasteiger partial charge in [-0.1, -0.05) is 17.7 Å². The average Bonchev–Trinajstić information content (AvgIpc) is 2.76. The van der Waals surface area contributed by atoms with Crippen molar-refractivity contribution in [2.75, 3.05) is 6.61 Å². The van der Waals surface area contributed by atoms with Gasteiger partial charge in [-0.25, -0.2) is 14.2 Å². The number of ether oxygens (including phenoxy) is 1. The third-order valence-corrected chi connectivity index (χ3v) is 3.06. The average molecular weight is 298 g/mol. The van der Waals surface area contributed by atoms with Gasteiger partial charge >= 0.3 is 5.97 Å². The van der Waals surface area contributed by atoms with Crippen LogP contribution in [0.1, 0.15) is 28.9 Å². The molecule has 5 nitrogen and oxygen atoms in total. The first-order valence-electron chi connectivity index (χ1n) is 6.02. The molecule has 1 heterocycles. The highest BCUT2D eigenvalue weighted by atomic mass is 35.5. The second-order valence-electron chi connectivity index (χ2n) is 4.07. The zero-order chi connectivity index (χ0) is 14.7. The molecule has 0 radical (unpaired) electrons. The number of halogens is 2. The van der Waals surface area contributed by atoms with Gasteiger partial charge in [0, 0.05) is 24.1 Å². The van der Waals surface area contributed by atoms with Gasteiger partial charge in [0.05, 0.1) is 6.61 Å². The number of aryl methyl sites for hydroxylation is 1. The van der Waals surface area contributed by atoms with E-state index in [4.69, 9.17) is 16.3 Å². The highest BCUT2D eigenvalue weighted by molar-refractivity contribution is 6.31. The molecule has 1 aromatic heterocycles. The summed E-state index contributed by atoms with van der Waals surface area (Å²) in [5.41, 5.74) is 0.320. The van der Waals surface area contributed by atoms with Crippen molar-refractivity contribution < 1.29 is 13.9 Å². The molecule has 0 aliphatic carbocycles. The highest BCUT2D eigenvalue weighted by Crippen LogP contribution is 2.21. The van der Waals surface area contributed by atoms with Crippen LogP contribution in [-0.4, -0.2) is 27.3 Å². The number of aromatic nitrogens is 3. The Labute approximate surface area is 120 Å². The van der Waals surface area contributed by atoms with Gasteiger partial charge in [-0.05, 0) is 19.1 Å². The summed E-state index contributed by atoms with van der Waals surface area (Å²) in [6.07, 6.45) is 0.147. The van der Waals surface area contributed by atoms with Gasteiger partial charge in [0.25, 0.3) is 5.82 Å². The van der Waals surface area contributed by atoms with E-state index < -0.39 is 11.8 Å². The molecule has 0 bridgehead atoms. The predicted octanol–water partition coefficient (Wildman–Crippen LogP) is 2.38. The SMILES string of the molecule is CCOC(=O)c1nc(Cc2c(F)cccc2Cl)n(C)n1. The Morgan fingerprint density at radius 3 is 2.90 bits per heavy atom. The molecule has 2 aromatic rings. The molecule has 1 aromatic carbocycles. The smallest absolute Gasteiger partial charge is 0.378 e. The van der Waals surface area contributed by atoms with Crippen LogP contribution in [-0.2, 0) is 18.2 Å². The number of hydrogen-bond acceptors (Lipinski definition) is 4. The summed E-state index contributed by atoms with van der Waals surface area (Å²) < 4.78 is 19.9. The molecule has 0 atom stereocenters. The molecule has 0 aliphatic heterocycles. The van der Waals surface area contributed by atoms with Crippen LogP contribution in [0.25, 0.3) is 0 Å². The van der Waals surface area contributed by atoms with E-state index in [2.05, 4.69) is 10.1 Å². The van der Waals surface area contributed by atoms with Crippen molar-refractivity contribution in [2.45, 2.75) is 13.3 Å². The first-order valence-corrected chi connectivity index (χ1v) is 6.40. The van der Waals surface area contributed by atoms with Crippen LogP contribution in [0.3, 0.4) is 0 Å². The Morgan fingerprint density at radius 2 is 2.25 bits per heavy atom. The maximum atomic E-state index is 13.7. The van der Waals surface area contributed by atoms with Crippen LogP contribution in [0.5, 0.6) is 0 Å². The summed E-state index contributed by atoms with van der Waals surface area (Å²) in [5, 5.41) is 4.26. The van der Waals surface area contributed by atoms with Gasteiger partial charge in [-0.2, -0.15) is 0 Å². The van der Waals surface area contributed by atoms with Gasteiger partial charge in [-0.15, -0.1) is 5.10 Å². The van der Waals surface area contributed by atoms with E-state index in [1.807, 2.05) is 0 Å². The van der Waals surface area contributed by atoms with Crippen LogP contribution in [0.2, 0.25) is 5.02 Å². The van der Waals surface area contributed by atoms with Crippen molar-refractivity contribution >= 4 is 17.6 Å². The maximum Gasteiger partial charge on any atom is 0.378 e. The number of benzene rings is 1. The Hall–Kier alpha value is -1.95. The van der Waals surface area contributed by atoms with E-state index >= 15 is 0 Å². The monoisotopic (exact) mass is 297 g/mol. The molecule has 0 fully saturated rings. The zero-order valence-corrected chi connectivity index (χ0v) is 11.8. The zero-order valence-electron chi connectivity index (χ0n) is 11.1. The van der Waals surface area contributed by atoms with E-state index in [0.29, 0.717) is 16.4 Å². The van der Waals surface area contributed by atoms with Crippen LogP contribution >= 0.6 is 11.6 Å².